The number of hydrogen-bond acceptors (Lipinski definition) is 3. The van der Waals surface area contributed by atoms with Crippen LogP contribution in [-0.4, -0.2) is 22.0 Å². The number of carboxylic acid groups (broad SMARTS) is 1. The standard InChI is InChI=1S/C14H10Cl2N2O3/c15-10-3-1-2-9(12(10)16)13(19)18-7-8-4-5-11(14(20)21)17-6-8/h1-6H,7H2,(H,18,19)(H,20,21). The SMILES string of the molecule is O=C(O)c1ccc(CNC(=O)c2cccc(Cl)c2Cl)cn1. The van der Waals surface area contributed by atoms with Crippen LogP contribution in [0.3, 0.4) is 0 Å². The lowest BCUT2D eigenvalue weighted by Crippen LogP contribution is -2.23. The molecular weight excluding hydrogens is 315 g/mol. The van der Waals surface area contributed by atoms with Crippen LogP contribution in [0, 0.1) is 0 Å². The van der Waals surface area contributed by atoms with Crippen molar-refractivity contribution in [1.29, 1.82) is 0 Å². The Balaban J connectivity index is 2.04. The van der Waals surface area contributed by atoms with E-state index in [1.807, 2.05) is 0 Å². The normalized spacial score (nSPS) is 10.2. The molecule has 2 aromatic rings. The molecule has 0 bridgehead atoms. The van der Waals surface area contributed by atoms with Gasteiger partial charge in [0.25, 0.3) is 5.91 Å². The van der Waals surface area contributed by atoms with Crippen LogP contribution in [0.25, 0.3) is 0 Å². The van der Waals surface area contributed by atoms with Gasteiger partial charge in [-0.3, -0.25) is 4.79 Å². The number of halogens is 2. The van der Waals surface area contributed by atoms with Crippen LogP contribution >= 0.6 is 23.2 Å². The topological polar surface area (TPSA) is 79.3 Å². The number of hydrogen-bond donors (Lipinski definition) is 2. The first kappa shape index (κ1) is 15.3. The van der Waals surface area contributed by atoms with Gasteiger partial charge >= 0.3 is 5.97 Å². The van der Waals surface area contributed by atoms with Crippen LogP contribution < -0.4 is 5.32 Å². The smallest absolute Gasteiger partial charge is 0.354 e. The maximum absolute atomic E-state index is 12.0. The average Bonchev–Trinajstić information content (AvgIpc) is 2.48. The van der Waals surface area contributed by atoms with E-state index in [-0.39, 0.29) is 28.7 Å². The fourth-order valence-electron chi connectivity index (χ4n) is 1.61. The Bertz CT molecular complexity index is 687. The van der Waals surface area contributed by atoms with Crippen LogP contribution in [0.4, 0.5) is 0 Å². The van der Waals surface area contributed by atoms with Gasteiger partial charge in [0.2, 0.25) is 0 Å². The molecule has 21 heavy (non-hydrogen) atoms. The molecule has 1 heterocycles. The number of nitrogens with zero attached hydrogens (tertiary/aromatic N) is 1. The monoisotopic (exact) mass is 324 g/mol. The van der Waals surface area contributed by atoms with Gasteiger partial charge in [0.05, 0.1) is 15.6 Å². The van der Waals surface area contributed by atoms with E-state index in [2.05, 4.69) is 10.3 Å². The minimum absolute atomic E-state index is 0.0528. The minimum atomic E-state index is -1.10. The molecule has 5 nitrogen and oxygen atoms in total. The summed E-state index contributed by atoms with van der Waals surface area (Å²) in [5.41, 5.74) is 0.897. The number of carbonyl (C=O) groups excluding carboxylic acids is 1. The molecule has 0 aliphatic carbocycles. The second kappa shape index (κ2) is 6.56. The zero-order valence-electron chi connectivity index (χ0n) is 10.6. The molecule has 0 atom stereocenters. The van der Waals surface area contributed by atoms with Gasteiger partial charge in [0.1, 0.15) is 5.69 Å². The number of carbonyl (C=O) groups is 2. The van der Waals surface area contributed by atoms with Crippen LogP contribution in [-0.2, 0) is 6.54 Å². The van der Waals surface area contributed by atoms with Crippen molar-refractivity contribution in [2.45, 2.75) is 6.54 Å². The molecule has 7 heteroatoms. The minimum Gasteiger partial charge on any atom is -0.477 e. The van der Waals surface area contributed by atoms with Crippen molar-refractivity contribution < 1.29 is 14.7 Å². The summed E-state index contributed by atoms with van der Waals surface area (Å²) in [7, 11) is 0. The van der Waals surface area contributed by atoms with Crippen molar-refractivity contribution in [3.63, 3.8) is 0 Å². The van der Waals surface area contributed by atoms with Crippen LogP contribution in [0.5, 0.6) is 0 Å². The number of nitrogens with one attached hydrogen (secondary N) is 1. The van der Waals surface area contributed by atoms with E-state index in [1.54, 1.807) is 24.3 Å². The summed E-state index contributed by atoms with van der Waals surface area (Å²) in [5, 5.41) is 11.9. The molecule has 1 aromatic carbocycles. The Morgan fingerprint density at radius 1 is 1.19 bits per heavy atom. The van der Waals surface area contributed by atoms with Gasteiger partial charge in [-0.25, -0.2) is 9.78 Å². The highest BCUT2D eigenvalue weighted by Gasteiger charge is 2.12. The molecule has 2 rings (SSSR count). The Morgan fingerprint density at radius 2 is 1.95 bits per heavy atom. The molecular formula is C14H10Cl2N2O3. The van der Waals surface area contributed by atoms with Gasteiger partial charge in [-0.2, -0.15) is 0 Å². The van der Waals surface area contributed by atoms with Crippen LogP contribution in [0.1, 0.15) is 26.4 Å². The number of amides is 1. The molecule has 0 unspecified atom stereocenters. The van der Waals surface area contributed by atoms with Crippen LogP contribution in [0.15, 0.2) is 36.5 Å². The van der Waals surface area contributed by atoms with Gasteiger partial charge in [-0.05, 0) is 23.8 Å². The number of aromatic nitrogens is 1. The van der Waals surface area contributed by atoms with Crippen molar-refractivity contribution in [1.82, 2.24) is 10.3 Å². The van der Waals surface area contributed by atoms with Crippen molar-refractivity contribution in [2.75, 3.05) is 0 Å². The first-order valence-electron chi connectivity index (χ1n) is 5.89. The van der Waals surface area contributed by atoms with Gasteiger partial charge < -0.3 is 10.4 Å². The van der Waals surface area contributed by atoms with E-state index in [4.69, 9.17) is 28.3 Å². The Labute approximate surface area is 130 Å². The van der Waals surface area contributed by atoms with Crippen molar-refractivity contribution in [3.8, 4) is 0 Å². The van der Waals surface area contributed by atoms with E-state index in [0.717, 1.165) is 0 Å². The van der Waals surface area contributed by atoms with Crippen molar-refractivity contribution in [2.24, 2.45) is 0 Å². The van der Waals surface area contributed by atoms with E-state index in [9.17, 15) is 9.59 Å². The first-order chi connectivity index (χ1) is 9.99. The molecule has 0 fully saturated rings. The van der Waals surface area contributed by atoms with Gasteiger partial charge in [0, 0.05) is 12.7 Å². The molecule has 0 radical (unpaired) electrons. The molecule has 0 spiro atoms. The summed E-state index contributed by atoms with van der Waals surface area (Å²) >= 11 is 11.8. The van der Waals surface area contributed by atoms with Gasteiger partial charge in [-0.15, -0.1) is 0 Å². The highest BCUT2D eigenvalue weighted by molar-refractivity contribution is 6.43. The lowest BCUT2D eigenvalue weighted by molar-refractivity contribution is 0.0690. The molecule has 2 N–H and O–H groups in total. The number of carboxylic acids is 1. The zero-order valence-corrected chi connectivity index (χ0v) is 12.1. The summed E-state index contributed by atoms with van der Waals surface area (Å²) in [6, 6.07) is 7.74. The van der Waals surface area contributed by atoms with Crippen molar-refractivity contribution >= 4 is 35.1 Å². The van der Waals surface area contributed by atoms with Gasteiger partial charge in [0.15, 0.2) is 0 Å². The molecule has 1 amide bonds. The highest BCUT2D eigenvalue weighted by Crippen LogP contribution is 2.25. The number of pyridine rings is 1. The van der Waals surface area contributed by atoms with E-state index in [0.29, 0.717) is 10.6 Å². The van der Waals surface area contributed by atoms with Crippen LogP contribution in [0.2, 0.25) is 10.0 Å². The molecule has 1 aromatic heterocycles. The van der Waals surface area contributed by atoms with Gasteiger partial charge in [-0.1, -0.05) is 35.3 Å². The second-order valence-corrected chi connectivity index (χ2v) is 4.93. The zero-order chi connectivity index (χ0) is 15.4. The predicted molar refractivity (Wildman–Crippen MR) is 78.8 cm³/mol. The van der Waals surface area contributed by atoms with Crippen molar-refractivity contribution in [3.05, 3.63) is 63.4 Å². The Morgan fingerprint density at radius 3 is 2.57 bits per heavy atom. The maximum atomic E-state index is 12.0. The summed E-state index contributed by atoms with van der Waals surface area (Å²) < 4.78 is 0. The quantitative estimate of drug-likeness (QED) is 0.906. The molecule has 0 saturated heterocycles. The third-order valence-electron chi connectivity index (χ3n) is 2.69. The maximum Gasteiger partial charge on any atom is 0.354 e. The lowest BCUT2D eigenvalue weighted by Gasteiger charge is -2.07. The largest absolute Gasteiger partial charge is 0.477 e. The Kier molecular flexibility index (Phi) is 4.77. The summed E-state index contributed by atoms with van der Waals surface area (Å²) in [6.07, 6.45) is 1.39. The first-order valence-corrected chi connectivity index (χ1v) is 6.65. The van der Waals surface area contributed by atoms with E-state index < -0.39 is 5.97 Å². The molecule has 108 valence electrons. The van der Waals surface area contributed by atoms with E-state index in [1.165, 1.54) is 12.3 Å². The average molecular weight is 325 g/mol. The fraction of sp³-hybridized carbons (Fsp3) is 0.0714. The molecule has 0 saturated carbocycles. The lowest BCUT2D eigenvalue weighted by atomic mass is 10.2. The summed E-state index contributed by atoms with van der Waals surface area (Å²) in [4.78, 5) is 26.4. The highest BCUT2D eigenvalue weighted by atomic mass is 35.5. The second-order valence-electron chi connectivity index (χ2n) is 4.14. The Hall–Kier alpha value is -2.11. The summed E-state index contributed by atoms with van der Waals surface area (Å²) in [6.45, 7) is 0.203. The number of rotatable bonds is 4. The number of aromatic carboxylic acids is 1. The van der Waals surface area contributed by atoms with E-state index >= 15 is 0 Å². The summed E-state index contributed by atoms with van der Waals surface area (Å²) in [5.74, 6) is -1.47. The molecule has 0 aliphatic rings. The number of benzene rings is 1. The molecule has 0 aliphatic heterocycles. The predicted octanol–water partition coefficient (Wildman–Crippen LogP) is 3.02. The third kappa shape index (κ3) is 3.71. The third-order valence-corrected chi connectivity index (χ3v) is 3.51. The fourth-order valence-corrected chi connectivity index (χ4v) is 2.00.